The molecule has 0 amide bonds. The van der Waals surface area contributed by atoms with Crippen molar-refractivity contribution in [2.45, 2.75) is 19.4 Å². The highest BCUT2D eigenvalue weighted by Crippen LogP contribution is 2.40. The maximum atomic E-state index is 9.94. The molecule has 1 fully saturated rings. The summed E-state index contributed by atoms with van der Waals surface area (Å²) in [5.41, 5.74) is 0.511. The zero-order valence-electron chi connectivity index (χ0n) is 10.6. The smallest absolute Gasteiger partial charge is 0.127 e. The molecule has 5 heteroatoms. The minimum Gasteiger partial charge on any atom is -0.508 e. The minimum absolute atomic E-state index is 0.0206. The summed E-state index contributed by atoms with van der Waals surface area (Å²) in [4.78, 5) is 2.24. The van der Waals surface area contributed by atoms with Crippen LogP contribution < -0.4 is 5.32 Å². The van der Waals surface area contributed by atoms with E-state index in [2.05, 4.69) is 10.2 Å². The molecule has 0 saturated carbocycles. The normalized spacial score (nSPS) is 18.7. The van der Waals surface area contributed by atoms with Gasteiger partial charge in [-0.2, -0.15) is 0 Å². The van der Waals surface area contributed by atoms with Crippen molar-refractivity contribution >= 4 is 0 Å². The number of hydrogen-bond acceptors (Lipinski definition) is 5. The predicted molar refractivity (Wildman–Crippen MR) is 68.9 cm³/mol. The molecule has 1 aromatic rings. The van der Waals surface area contributed by atoms with Crippen LogP contribution in [0.25, 0.3) is 0 Å². The first-order valence-electron chi connectivity index (χ1n) is 6.33. The van der Waals surface area contributed by atoms with Gasteiger partial charge in [-0.1, -0.05) is 6.92 Å². The van der Waals surface area contributed by atoms with Crippen LogP contribution in [0.1, 0.15) is 24.9 Å². The van der Waals surface area contributed by atoms with Gasteiger partial charge < -0.3 is 20.6 Å². The molecule has 0 aliphatic carbocycles. The van der Waals surface area contributed by atoms with Gasteiger partial charge >= 0.3 is 0 Å². The molecular weight excluding hydrogens is 232 g/mol. The number of aromatic hydroxyl groups is 3. The second kappa shape index (κ2) is 5.46. The molecule has 0 bridgehead atoms. The minimum atomic E-state index is -0.121. The van der Waals surface area contributed by atoms with E-state index in [9.17, 15) is 15.3 Å². The largest absolute Gasteiger partial charge is 0.508 e. The van der Waals surface area contributed by atoms with Crippen LogP contribution in [-0.2, 0) is 0 Å². The fraction of sp³-hybridized carbons (Fsp3) is 0.538. The number of phenols is 3. The summed E-state index contributed by atoms with van der Waals surface area (Å²) in [5.74, 6) is -0.209. The number of rotatable bonds is 3. The Morgan fingerprint density at radius 3 is 2.22 bits per heavy atom. The fourth-order valence-electron chi connectivity index (χ4n) is 2.59. The Balaban J connectivity index is 2.32. The van der Waals surface area contributed by atoms with Crippen molar-refractivity contribution in [2.24, 2.45) is 0 Å². The van der Waals surface area contributed by atoms with E-state index in [1.54, 1.807) is 0 Å². The predicted octanol–water partition coefficient (Wildman–Crippen LogP) is 1.16. The van der Waals surface area contributed by atoms with Crippen LogP contribution in [0.4, 0.5) is 0 Å². The van der Waals surface area contributed by atoms with Gasteiger partial charge in [0.15, 0.2) is 0 Å². The van der Waals surface area contributed by atoms with Crippen LogP contribution in [0.15, 0.2) is 12.1 Å². The topological polar surface area (TPSA) is 76.0 Å². The summed E-state index contributed by atoms with van der Waals surface area (Å²) in [6, 6.07) is 2.53. The molecule has 5 nitrogen and oxygen atoms in total. The van der Waals surface area contributed by atoms with E-state index in [0.717, 1.165) is 32.6 Å². The highest BCUT2D eigenvalue weighted by Gasteiger charge is 2.26. The third-order valence-corrected chi connectivity index (χ3v) is 3.43. The summed E-state index contributed by atoms with van der Waals surface area (Å²) < 4.78 is 0. The van der Waals surface area contributed by atoms with Gasteiger partial charge in [-0.05, 0) is 6.42 Å². The number of benzene rings is 1. The van der Waals surface area contributed by atoms with E-state index in [1.165, 1.54) is 12.1 Å². The summed E-state index contributed by atoms with van der Waals surface area (Å²) in [7, 11) is 0. The summed E-state index contributed by atoms with van der Waals surface area (Å²) >= 11 is 0. The molecule has 1 saturated heterocycles. The lowest BCUT2D eigenvalue weighted by Crippen LogP contribution is -2.45. The molecule has 1 aliphatic rings. The Bertz CT molecular complexity index is 394. The van der Waals surface area contributed by atoms with Crippen molar-refractivity contribution in [1.29, 1.82) is 0 Å². The Hall–Kier alpha value is -1.46. The first-order valence-corrected chi connectivity index (χ1v) is 6.33. The third kappa shape index (κ3) is 2.52. The van der Waals surface area contributed by atoms with E-state index in [1.807, 2.05) is 6.92 Å². The molecule has 2 rings (SSSR count). The van der Waals surface area contributed by atoms with Gasteiger partial charge in [0.1, 0.15) is 17.2 Å². The van der Waals surface area contributed by atoms with Gasteiger partial charge in [0, 0.05) is 44.4 Å². The zero-order valence-corrected chi connectivity index (χ0v) is 10.6. The standard InChI is InChI=1S/C13H20N2O3/c1-2-10(15-5-3-14-4-6-15)13-11(17)7-9(16)8-12(13)18/h7-8,10,14,16-18H,2-6H2,1H3/t10-/m1/s1. The SMILES string of the molecule is CC[C@H](c1c(O)cc(O)cc1O)N1CCNCC1. The van der Waals surface area contributed by atoms with Gasteiger partial charge in [-0.15, -0.1) is 0 Å². The van der Waals surface area contributed by atoms with Gasteiger partial charge in [-0.25, -0.2) is 0 Å². The number of piperazine rings is 1. The van der Waals surface area contributed by atoms with Gasteiger partial charge in [-0.3, -0.25) is 4.90 Å². The van der Waals surface area contributed by atoms with Crippen LogP contribution in [0, 0.1) is 0 Å². The first-order chi connectivity index (χ1) is 8.63. The molecule has 0 unspecified atom stereocenters. The number of hydrogen-bond donors (Lipinski definition) is 4. The molecular formula is C13H20N2O3. The van der Waals surface area contributed by atoms with Crippen molar-refractivity contribution in [3.05, 3.63) is 17.7 Å². The Kier molecular flexibility index (Phi) is 3.93. The summed E-state index contributed by atoms with van der Waals surface area (Å²) in [6.45, 7) is 5.63. The molecule has 18 heavy (non-hydrogen) atoms. The van der Waals surface area contributed by atoms with Gasteiger partial charge in [0.2, 0.25) is 0 Å². The van der Waals surface area contributed by atoms with Crippen molar-refractivity contribution < 1.29 is 15.3 Å². The maximum Gasteiger partial charge on any atom is 0.127 e. The Labute approximate surface area is 107 Å². The highest BCUT2D eigenvalue weighted by atomic mass is 16.3. The molecule has 100 valence electrons. The lowest BCUT2D eigenvalue weighted by atomic mass is 9.99. The zero-order chi connectivity index (χ0) is 13.1. The number of phenolic OH excluding ortho intramolecular Hbond substituents is 3. The molecule has 1 heterocycles. The maximum absolute atomic E-state index is 9.94. The lowest BCUT2D eigenvalue weighted by molar-refractivity contribution is 0.164. The molecule has 0 radical (unpaired) electrons. The quantitative estimate of drug-likeness (QED) is 0.649. The van der Waals surface area contributed by atoms with E-state index >= 15 is 0 Å². The van der Waals surface area contributed by atoms with Crippen molar-refractivity contribution in [2.75, 3.05) is 26.2 Å². The van der Waals surface area contributed by atoms with Crippen LogP contribution in [-0.4, -0.2) is 46.4 Å². The molecule has 0 aromatic heterocycles. The summed E-state index contributed by atoms with van der Waals surface area (Å²) in [5, 5.41) is 32.5. The molecule has 4 N–H and O–H groups in total. The average molecular weight is 252 g/mol. The van der Waals surface area contributed by atoms with E-state index < -0.39 is 0 Å². The van der Waals surface area contributed by atoms with E-state index in [0.29, 0.717) is 5.56 Å². The van der Waals surface area contributed by atoms with Crippen molar-refractivity contribution in [3.8, 4) is 17.2 Å². The Morgan fingerprint density at radius 1 is 1.17 bits per heavy atom. The van der Waals surface area contributed by atoms with Gasteiger partial charge in [0.05, 0.1) is 5.56 Å². The van der Waals surface area contributed by atoms with Crippen molar-refractivity contribution in [1.82, 2.24) is 10.2 Å². The van der Waals surface area contributed by atoms with Crippen LogP contribution in [0.5, 0.6) is 17.2 Å². The van der Waals surface area contributed by atoms with Crippen molar-refractivity contribution in [3.63, 3.8) is 0 Å². The second-order valence-corrected chi connectivity index (χ2v) is 4.61. The second-order valence-electron chi connectivity index (χ2n) is 4.61. The third-order valence-electron chi connectivity index (χ3n) is 3.43. The fourth-order valence-corrected chi connectivity index (χ4v) is 2.59. The van der Waals surface area contributed by atoms with Gasteiger partial charge in [0.25, 0.3) is 0 Å². The lowest BCUT2D eigenvalue weighted by Gasteiger charge is -2.35. The molecule has 1 atom stereocenters. The van der Waals surface area contributed by atoms with E-state index in [4.69, 9.17) is 0 Å². The average Bonchev–Trinajstić information content (AvgIpc) is 2.34. The first kappa shape index (κ1) is 13.0. The molecule has 0 spiro atoms. The monoisotopic (exact) mass is 252 g/mol. The summed E-state index contributed by atoms with van der Waals surface area (Å²) in [6.07, 6.45) is 0.798. The molecule has 1 aliphatic heterocycles. The van der Waals surface area contributed by atoms with Crippen LogP contribution >= 0.6 is 0 Å². The van der Waals surface area contributed by atoms with E-state index in [-0.39, 0.29) is 23.3 Å². The Morgan fingerprint density at radius 2 is 1.72 bits per heavy atom. The molecule has 1 aromatic carbocycles. The number of nitrogens with one attached hydrogen (secondary N) is 1. The number of nitrogens with zero attached hydrogens (tertiary/aromatic N) is 1. The van der Waals surface area contributed by atoms with Crippen LogP contribution in [0.2, 0.25) is 0 Å². The highest BCUT2D eigenvalue weighted by molar-refractivity contribution is 5.50. The van der Waals surface area contributed by atoms with Crippen LogP contribution in [0.3, 0.4) is 0 Å².